The zero-order valence-electron chi connectivity index (χ0n) is 14.3. The van der Waals surface area contributed by atoms with Crippen LogP contribution < -0.4 is 4.74 Å². The van der Waals surface area contributed by atoms with E-state index in [2.05, 4.69) is 10.2 Å². The molecule has 1 aromatic heterocycles. The summed E-state index contributed by atoms with van der Waals surface area (Å²) in [6, 6.07) is 17.8. The Labute approximate surface area is 151 Å². The van der Waals surface area contributed by atoms with Crippen molar-refractivity contribution in [3.8, 4) is 11.4 Å². The van der Waals surface area contributed by atoms with Gasteiger partial charge in [0.05, 0.1) is 6.10 Å². The molecule has 2 aromatic carbocycles. The molecule has 0 spiro atoms. The number of ether oxygens (including phenoxy) is 1. The van der Waals surface area contributed by atoms with Gasteiger partial charge in [0, 0.05) is 11.4 Å². The summed E-state index contributed by atoms with van der Waals surface area (Å²) < 4.78 is 7.64. The molecule has 6 heteroatoms. The molecule has 1 heterocycles. The average molecular weight is 355 g/mol. The molecule has 130 valence electrons. The van der Waals surface area contributed by atoms with Gasteiger partial charge in [0.1, 0.15) is 18.2 Å². The lowest BCUT2D eigenvalue weighted by molar-refractivity contribution is 0.126. The lowest BCUT2D eigenvalue weighted by Crippen LogP contribution is -2.20. The molecule has 0 aliphatic rings. The second-order valence-electron chi connectivity index (χ2n) is 5.79. The fourth-order valence-electron chi connectivity index (χ4n) is 2.43. The van der Waals surface area contributed by atoms with Crippen LogP contribution in [-0.4, -0.2) is 38.3 Å². The molecule has 0 unspecified atom stereocenters. The number of aliphatic hydroxyl groups excluding tert-OH is 1. The highest BCUT2D eigenvalue weighted by Crippen LogP contribution is 2.22. The van der Waals surface area contributed by atoms with Crippen molar-refractivity contribution in [1.29, 1.82) is 0 Å². The number of benzene rings is 2. The van der Waals surface area contributed by atoms with E-state index in [-0.39, 0.29) is 6.61 Å². The highest BCUT2D eigenvalue weighted by molar-refractivity contribution is 7.99. The van der Waals surface area contributed by atoms with Gasteiger partial charge in [-0.3, -0.25) is 4.57 Å². The number of hydrogen-bond donors (Lipinski definition) is 1. The van der Waals surface area contributed by atoms with Crippen LogP contribution in [0.25, 0.3) is 5.69 Å². The third-order valence-electron chi connectivity index (χ3n) is 3.65. The number of aliphatic hydroxyl groups is 1. The number of aromatic nitrogens is 3. The molecule has 1 atom stereocenters. The maximum atomic E-state index is 10.2. The summed E-state index contributed by atoms with van der Waals surface area (Å²) in [7, 11) is 0. The van der Waals surface area contributed by atoms with Gasteiger partial charge < -0.3 is 9.84 Å². The zero-order chi connectivity index (χ0) is 17.6. The number of para-hydroxylation sites is 1. The van der Waals surface area contributed by atoms with Gasteiger partial charge in [-0.25, -0.2) is 0 Å². The molecule has 0 radical (unpaired) electrons. The van der Waals surface area contributed by atoms with Crippen LogP contribution in [0.4, 0.5) is 0 Å². The normalized spacial score (nSPS) is 12.1. The first-order chi connectivity index (χ1) is 12.1. The molecule has 0 amide bonds. The van der Waals surface area contributed by atoms with Crippen molar-refractivity contribution in [3.05, 3.63) is 66.0 Å². The van der Waals surface area contributed by atoms with Crippen molar-refractivity contribution < 1.29 is 9.84 Å². The smallest absolute Gasteiger partial charge is 0.195 e. The molecule has 0 saturated carbocycles. The lowest BCUT2D eigenvalue weighted by atomic mass is 10.2. The van der Waals surface area contributed by atoms with Crippen LogP contribution in [0.2, 0.25) is 0 Å². The van der Waals surface area contributed by atoms with E-state index in [1.165, 1.54) is 11.8 Å². The highest BCUT2D eigenvalue weighted by atomic mass is 32.2. The fraction of sp³-hybridized carbons (Fsp3) is 0.263. The number of thioether (sulfide) groups is 1. The first-order valence-corrected chi connectivity index (χ1v) is 9.10. The summed E-state index contributed by atoms with van der Waals surface area (Å²) in [5.74, 6) is 2.07. The highest BCUT2D eigenvalue weighted by Gasteiger charge is 2.14. The number of aryl methyl sites for hydroxylation is 2. The summed E-state index contributed by atoms with van der Waals surface area (Å²) >= 11 is 1.47. The van der Waals surface area contributed by atoms with Gasteiger partial charge >= 0.3 is 0 Å². The largest absolute Gasteiger partial charge is 0.491 e. The third-order valence-corrected chi connectivity index (χ3v) is 4.72. The molecule has 0 fully saturated rings. The molecule has 0 bridgehead atoms. The zero-order valence-corrected chi connectivity index (χ0v) is 15.1. The second kappa shape index (κ2) is 8.18. The van der Waals surface area contributed by atoms with Crippen molar-refractivity contribution >= 4 is 11.8 Å². The molecule has 0 aliphatic carbocycles. The molecule has 0 saturated heterocycles. The van der Waals surface area contributed by atoms with Gasteiger partial charge in [-0.1, -0.05) is 42.1 Å². The Hall–Kier alpha value is -2.31. The summed E-state index contributed by atoms with van der Waals surface area (Å²) in [4.78, 5) is 0. The van der Waals surface area contributed by atoms with Crippen LogP contribution in [0.3, 0.4) is 0 Å². The Balaban J connectivity index is 1.59. The molecule has 3 rings (SSSR count). The van der Waals surface area contributed by atoms with Gasteiger partial charge in [-0.05, 0) is 43.7 Å². The number of hydrogen-bond acceptors (Lipinski definition) is 5. The van der Waals surface area contributed by atoms with Crippen LogP contribution in [0.15, 0.2) is 59.8 Å². The van der Waals surface area contributed by atoms with E-state index in [1.54, 1.807) is 0 Å². The van der Waals surface area contributed by atoms with Gasteiger partial charge in [-0.15, -0.1) is 10.2 Å². The van der Waals surface area contributed by atoms with Gasteiger partial charge in [-0.2, -0.15) is 0 Å². The predicted molar refractivity (Wildman–Crippen MR) is 99.5 cm³/mol. The summed E-state index contributed by atoms with van der Waals surface area (Å²) in [6.07, 6.45) is -0.591. The minimum atomic E-state index is -0.591. The van der Waals surface area contributed by atoms with E-state index in [0.717, 1.165) is 28.0 Å². The Morgan fingerprint density at radius 3 is 2.64 bits per heavy atom. The Morgan fingerprint density at radius 1 is 1.08 bits per heavy atom. The second-order valence-corrected chi connectivity index (χ2v) is 6.78. The van der Waals surface area contributed by atoms with Crippen LogP contribution in [0.1, 0.15) is 11.4 Å². The van der Waals surface area contributed by atoms with Crippen molar-refractivity contribution in [2.24, 2.45) is 0 Å². The van der Waals surface area contributed by atoms with Crippen LogP contribution in [0, 0.1) is 13.8 Å². The summed E-state index contributed by atoms with van der Waals surface area (Å²) in [6.45, 7) is 4.17. The van der Waals surface area contributed by atoms with E-state index in [4.69, 9.17) is 4.74 Å². The molecule has 0 aliphatic heterocycles. The van der Waals surface area contributed by atoms with E-state index in [1.807, 2.05) is 73.0 Å². The van der Waals surface area contributed by atoms with Gasteiger partial charge in [0.25, 0.3) is 0 Å². The molecule has 1 N–H and O–H groups in total. The molecule has 5 nitrogen and oxygen atoms in total. The van der Waals surface area contributed by atoms with Gasteiger partial charge in [0.2, 0.25) is 0 Å². The Kier molecular flexibility index (Phi) is 5.73. The quantitative estimate of drug-likeness (QED) is 0.658. The lowest BCUT2D eigenvalue weighted by Gasteiger charge is -2.13. The maximum Gasteiger partial charge on any atom is 0.195 e. The molecule has 25 heavy (non-hydrogen) atoms. The Bertz CT molecular complexity index is 821. The first-order valence-electron chi connectivity index (χ1n) is 8.11. The molecule has 3 aromatic rings. The van der Waals surface area contributed by atoms with Crippen molar-refractivity contribution in [3.63, 3.8) is 0 Å². The summed E-state index contributed by atoms with van der Waals surface area (Å²) in [5.41, 5.74) is 2.14. The standard InChI is InChI=1S/C19H21N3O2S/c1-14-7-6-10-18(11-14)24-12-17(23)13-25-19-21-20-15(2)22(19)16-8-4-3-5-9-16/h3-11,17,23H,12-13H2,1-2H3/t17-/m1/s1. The molecular formula is C19H21N3O2S. The predicted octanol–water partition coefficient (Wildman–Crippen LogP) is 3.42. The van der Waals surface area contributed by atoms with E-state index < -0.39 is 6.10 Å². The minimum Gasteiger partial charge on any atom is -0.491 e. The topological polar surface area (TPSA) is 60.2 Å². The van der Waals surface area contributed by atoms with Crippen LogP contribution >= 0.6 is 11.8 Å². The van der Waals surface area contributed by atoms with Crippen molar-refractivity contribution in [2.45, 2.75) is 25.1 Å². The van der Waals surface area contributed by atoms with Crippen LogP contribution in [-0.2, 0) is 0 Å². The van der Waals surface area contributed by atoms with Crippen molar-refractivity contribution in [1.82, 2.24) is 14.8 Å². The van der Waals surface area contributed by atoms with Gasteiger partial charge in [0.15, 0.2) is 5.16 Å². The minimum absolute atomic E-state index is 0.245. The van der Waals surface area contributed by atoms with Crippen molar-refractivity contribution in [2.75, 3.05) is 12.4 Å². The SMILES string of the molecule is Cc1cccc(OC[C@@H](O)CSc2nnc(C)n2-c2ccccc2)c1. The molecular weight excluding hydrogens is 334 g/mol. The fourth-order valence-corrected chi connectivity index (χ4v) is 3.33. The van der Waals surface area contributed by atoms with E-state index in [9.17, 15) is 5.11 Å². The number of nitrogens with zero attached hydrogens (tertiary/aromatic N) is 3. The monoisotopic (exact) mass is 355 g/mol. The van der Waals surface area contributed by atoms with Crippen LogP contribution in [0.5, 0.6) is 5.75 Å². The Morgan fingerprint density at radius 2 is 1.88 bits per heavy atom. The van der Waals surface area contributed by atoms with E-state index in [0.29, 0.717) is 5.75 Å². The third kappa shape index (κ3) is 4.61. The number of rotatable bonds is 7. The maximum absolute atomic E-state index is 10.2. The van der Waals surface area contributed by atoms with E-state index >= 15 is 0 Å². The summed E-state index contributed by atoms with van der Waals surface area (Å²) in [5, 5.41) is 19.3. The first kappa shape index (κ1) is 17.5. The average Bonchev–Trinajstić information content (AvgIpc) is 2.99.